The zero-order valence-electron chi connectivity index (χ0n) is 13.4. The lowest BCUT2D eigenvalue weighted by atomic mass is 10.1. The lowest BCUT2D eigenvalue weighted by Gasteiger charge is -2.19. The molecular weight excluding hydrogens is 300 g/mol. The van der Waals surface area contributed by atoms with Crippen molar-refractivity contribution in [3.05, 3.63) is 29.3 Å². The zero-order valence-corrected chi connectivity index (χ0v) is 14.2. The predicted molar refractivity (Wildman–Crippen MR) is 87.9 cm³/mol. The molecule has 0 unspecified atom stereocenters. The van der Waals surface area contributed by atoms with Crippen LogP contribution in [0.1, 0.15) is 31.3 Å². The maximum Gasteiger partial charge on any atom is 0.271 e. The summed E-state index contributed by atoms with van der Waals surface area (Å²) in [6, 6.07) is 5.59. The largest absolute Gasteiger partial charge is 0.493 e. The van der Waals surface area contributed by atoms with Crippen molar-refractivity contribution in [1.29, 1.82) is 0 Å². The Balaban J connectivity index is 2.35. The number of rotatable bonds is 4. The molecular formula is C16H20N2O3S. The molecule has 0 bridgehead atoms. The molecule has 5 nitrogen and oxygen atoms in total. The standard InChI is InChI=1S/C16H20N2O3S/c1-16(2,3)18-14(19)11-9-22-15(17-11)10-7-6-8-12(20-4)13(10)21-5/h6-9H,1-5H3,(H,18,19). The van der Waals surface area contributed by atoms with Gasteiger partial charge in [-0.3, -0.25) is 4.79 Å². The number of carbonyl (C=O) groups is 1. The molecule has 0 saturated heterocycles. The first-order chi connectivity index (χ1) is 10.4. The number of nitrogens with zero attached hydrogens (tertiary/aromatic N) is 1. The van der Waals surface area contributed by atoms with Crippen LogP contribution in [-0.2, 0) is 0 Å². The van der Waals surface area contributed by atoms with E-state index >= 15 is 0 Å². The van der Waals surface area contributed by atoms with Crippen molar-refractivity contribution in [2.45, 2.75) is 26.3 Å². The van der Waals surface area contributed by atoms with Gasteiger partial charge in [0.25, 0.3) is 5.91 Å². The zero-order chi connectivity index (χ0) is 16.3. The van der Waals surface area contributed by atoms with E-state index in [1.807, 2.05) is 39.0 Å². The second-order valence-electron chi connectivity index (χ2n) is 5.78. The van der Waals surface area contributed by atoms with Crippen LogP contribution in [0.25, 0.3) is 10.6 Å². The van der Waals surface area contributed by atoms with E-state index < -0.39 is 0 Å². The molecule has 0 aliphatic rings. The van der Waals surface area contributed by atoms with Crippen LogP contribution in [-0.4, -0.2) is 30.6 Å². The van der Waals surface area contributed by atoms with Crippen LogP contribution in [0.2, 0.25) is 0 Å². The van der Waals surface area contributed by atoms with Crippen LogP contribution >= 0.6 is 11.3 Å². The van der Waals surface area contributed by atoms with Crippen molar-refractivity contribution in [3.8, 4) is 22.1 Å². The smallest absolute Gasteiger partial charge is 0.271 e. The first kappa shape index (κ1) is 16.3. The maximum atomic E-state index is 12.2. The van der Waals surface area contributed by atoms with Gasteiger partial charge in [-0.1, -0.05) is 6.07 Å². The van der Waals surface area contributed by atoms with Gasteiger partial charge < -0.3 is 14.8 Å². The molecule has 22 heavy (non-hydrogen) atoms. The van der Waals surface area contributed by atoms with Gasteiger partial charge in [0.05, 0.1) is 19.8 Å². The quantitative estimate of drug-likeness (QED) is 0.938. The summed E-state index contributed by atoms with van der Waals surface area (Å²) in [7, 11) is 3.17. The van der Waals surface area contributed by atoms with Gasteiger partial charge in [-0.25, -0.2) is 4.98 Å². The van der Waals surface area contributed by atoms with Crippen molar-refractivity contribution in [3.63, 3.8) is 0 Å². The topological polar surface area (TPSA) is 60.5 Å². The fourth-order valence-corrected chi connectivity index (χ4v) is 2.78. The molecule has 1 aromatic heterocycles. The number of nitrogens with one attached hydrogen (secondary N) is 1. The summed E-state index contributed by atoms with van der Waals surface area (Å²) >= 11 is 1.40. The van der Waals surface area contributed by atoms with Crippen LogP contribution in [0.3, 0.4) is 0 Å². The monoisotopic (exact) mass is 320 g/mol. The number of thiazole rings is 1. The number of benzene rings is 1. The molecule has 2 aromatic rings. The van der Waals surface area contributed by atoms with E-state index in [2.05, 4.69) is 10.3 Å². The molecule has 0 aliphatic heterocycles. The molecule has 1 aromatic carbocycles. The minimum atomic E-state index is -0.297. The highest BCUT2D eigenvalue weighted by Crippen LogP contribution is 2.38. The number of ether oxygens (including phenoxy) is 2. The molecule has 2 rings (SSSR count). The van der Waals surface area contributed by atoms with Gasteiger partial charge in [0.15, 0.2) is 11.5 Å². The first-order valence-corrected chi connectivity index (χ1v) is 7.73. The van der Waals surface area contributed by atoms with Crippen molar-refractivity contribution in [2.24, 2.45) is 0 Å². The highest BCUT2D eigenvalue weighted by molar-refractivity contribution is 7.13. The summed E-state index contributed by atoms with van der Waals surface area (Å²) in [4.78, 5) is 16.6. The van der Waals surface area contributed by atoms with Crippen molar-refractivity contribution >= 4 is 17.2 Å². The van der Waals surface area contributed by atoms with Gasteiger partial charge in [-0.05, 0) is 32.9 Å². The van der Waals surface area contributed by atoms with Crippen LogP contribution in [0.4, 0.5) is 0 Å². The summed E-state index contributed by atoms with van der Waals surface area (Å²) < 4.78 is 10.7. The second-order valence-corrected chi connectivity index (χ2v) is 6.64. The third kappa shape index (κ3) is 3.57. The second kappa shape index (κ2) is 6.36. The summed E-state index contributed by atoms with van der Waals surface area (Å²) in [5.41, 5.74) is 0.913. The summed E-state index contributed by atoms with van der Waals surface area (Å²) in [5.74, 6) is 1.06. The van der Waals surface area contributed by atoms with Gasteiger partial charge in [0.2, 0.25) is 0 Å². The van der Waals surface area contributed by atoms with E-state index in [4.69, 9.17) is 9.47 Å². The minimum absolute atomic E-state index is 0.183. The van der Waals surface area contributed by atoms with Gasteiger partial charge in [-0.2, -0.15) is 0 Å². The molecule has 0 spiro atoms. The van der Waals surface area contributed by atoms with E-state index in [-0.39, 0.29) is 11.4 Å². The normalized spacial score (nSPS) is 11.1. The SMILES string of the molecule is COc1cccc(-c2nc(C(=O)NC(C)(C)C)cs2)c1OC. The van der Waals surface area contributed by atoms with E-state index in [0.717, 1.165) is 10.6 Å². The van der Waals surface area contributed by atoms with E-state index in [0.29, 0.717) is 17.2 Å². The third-order valence-electron chi connectivity index (χ3n) is 2.86. The lowest BCUT2D eigenvalue weighted by molar-refractivity contribution is 0.0915. The van der Waals surface area contributed by atoms with Crippen LogP contribution in [0.15, 0.2) is 23.6 Å². The predicted octanol–water partition coefficient (Wildman–Crippen LogP) is 3.36. The Labute approximate surface area is 134 Å². The summed E-state index contributed by atoms with van der Waals surface area (Å²) in [6.07, 6.45) is 0. The Morgan fingerprint density at radius 3 is 2.55 bits per heavy atom. The van der Waals surface area contributed by atoms with Crippen molar-refractivity contribution < 1.29 is 14.3 Å². The van der Waals surface area contributed by atoms with Crippen molar-refractivity contribution in [2.75, 3.05) is 14.2 Å². The van der Waals surface area contributed by atoms with E-state index in [1.165, 1.54) is 11.3 Å². The van der Waals surface area contributed by atoms with Gasteiger partial charge in [-0.15, -0.1) is 11.3 Å². The Bertz CT molecular complexity index is 674. The average Bonchev–Trinajstić information content (AvgIpc) is 2.94. The first-order valence-electron chi connectivity index (χ1n) is 6.85. The van der Waals surface area contributed by atoms with Crippen LogP contribution in [0.5, 0.6) is 11.5 Å². The summed E-state index contributed by atoms with van der Waals surface area (Å²) in [5, 5.41) is 5.36. The average molecular weight is 320 g/mol. The Hall–Kier alpha value is -2.08. The number of hydrogen-bond donors (Lipinski definition) is 1. The minimum Gasteiger partial charge on any atom is -0.493 e. The third-order valence-corrected chi connectivity index (χ3v) is 3.73. The van der Waals surface area contributed by atoms with Crippen molar-refractivity contribution in [1.82, 2.24) is 10.3 Å². The molecule has 0 saturated carbocycles. The molecule has 6 heteroatoms. The van der Waals surface area contributed by atoms with Gasteiger partial charge >= 0.3 is 0 Å². The Kier molecular flexibility index (Phi) is 4.71. The molecule has 1 amide bonds. The maximum absolute atomic E-state index is 12.2. The molecule has 1 heterocycles. The fourth-order valence-electron chi connectivity index (χ4n) is 1.96. The Morgan fingerprint density at radius 1 is 1.23 bits per heavy atom. The van der Waals surface area contributed by atoms with E-state index in [9.17, 15) is 4.79 Å². The highest BCUT2D eigenvalue weighted by Gasteiger charge is 2.20. The summed E-state index contributed by atoms with van der Waals surface area (Å²) in [6.45, 7) is 5.80. The Morgan fingerprint density at radius 2 is 1.95 bits per heavy atom. The van der Waals surface area contributed by atoms with Crippen LogP contribution in [0, 0.1) is 0 Å². The van der Waals surface area contributed by atoms with E-state index in [1.54, 1.807) is 19.6 Å². The number of aromatic nitrogens is 1. The number of hydrogen-bond acceptors (Lipinski definition) is 5. The van der Waals surface area contributed by atoms with Gasteiger partial charge in [0.1, 0.15) is 10.7 Å². The number of carbonyl (C=O) groups excluding carboxylic acids is 1. The molecule has 0 aliphatic carbocycles. The molecule has 0 fully saturated rings. The molecule has 118 valence electrons. The number of methoxy groups -OCH3 is 2. The molecule has 0 atom stereocenters. The van der Waals surface area contributed by atoms with Gasteiger partial charge in [0, 0.05) is 10.9 Å². The highest BCUT2D eigenvalue weighted by atomic mass is 32.1. The number of para-hydroxylation sites is 1. The molecule has 0 radical (unpaired) electrons. The number of amides is 1. The van der Waals surface area contributed by atoms with Crippen LogP contribution < -0.4 is 14.8 Å². The fraction of sp³-hybridized carbons (Fsp3) is 0.375. The lowest BCUT2D eigenvalue weighted by Crippen LogP contribution is -2.40. The molecule has 1 N–H and O–H groups in total.